The summed E-state index contributed by atoms with van der Waals surface area (Å²) in [4.78, 5) is 20.9. The van der Waals surface area contributed by atoms with Gasteiger partial charge in [-0.2, -0.15) is 0 Å². The van der Waals surface area contributed by atoms with Gasteiger partial charge >= 0.3 is 0 Å². The second-order valence-electron chi connectivity index (χ2n) is 7.18. The van der Waals surface area contributed by atoms with Gasteiger partial charge in [0.15, 0.2) is 9.84 Å². The molecule has 1 aliphatic rings. The number of aryl methyl sites for hydroxylation is 1. The highest BCUT2D eigenvalue weighted by atomic mass is 32.2. The summed E-state index contributed by atoms with van der Waals surface area (Å²) in [6.07, 6.45) is 1.84. The molecule has 8 heteroatoms. The van der Waals surface area contributed by atoms with E-state index in [4.69, 9.17) is 0 Å². The monoisotopic (exact) mass is 388 g/mol. The van der Waals surface area contributed by atoms with Crippen LogP contribution in [0.4, 0.5) is 11.5 Å². The van der Waals surface area contributed by atoms with Crippen LogP contribution in [-0.4, -0.2) is 41.8 Å². The van der Waals surface area contributed by atoms with Gasteiger partial charge in [0.2, 0.25) is 0 Å². The number of nitrogens with one attached hydrogen (secondary N) is 2. The van der Waals surface area contributed by atoms with E-state index >= 15 is 0 Å². The zero-order valence-electron chi connectivity index (χ0n) is 15.7. The van der Waals surface area contributed by atoms with Crippen molar-refractivity contribution in [3.8, 4) is 0 Å². The normalized spacial score (nSPS) is 18.4. The van der Waals surface area contributed by atoms with Gasteiger partial charge < -0.3 is 10.6 Å². The molecule has 3 rings (SSSR count). The Morgan fingerprint density at radius 2 is 2.04 bits per heavy atom. The Morgan fingerprint density at radius 3 is 2.70 bits per heavy atom. The Morgan fingerprint density at radius 1 is 1.26 bits per heavy atom. The van der Waals surface area contributed by atoms with Crippen LogP contribution in [0.5, 0.6) is 0 Å². The number of para-hydroxylation sites is 1. The topological polar surface area (TPSA) is 101 Å². The lowest BCUT2D eigenvalue weighted by Crippen LogP contribution is -2.22. The summed E-state index contributed by atoms with van der Waals surface area (Å²) in [6, 6.07) is 7.29. The van der Waals surface area contributed by atoms with Crippen molar-refractivity contribution in [1.82, 2.24) is 9.97 Å². The number of aromatic nitrogens is 2. The quantitative estimate of drug-likeness (QED) is 0.817. The standard InChI is InChI=1S/C19H24N4O3S/c1-12(2)15-6-4-5-13(3)18(15)23-19(24)16-9-17(21-11-20-16)22-14-7-8-27(25,26)10-14/h4-6,9,11-12,14H,7-8,10H2,1-3H3,(H,23,24)(H,20,21,22). The van der Waals surface area contributed by atoms with E-state index in [1.165, 1.54) is 6.33 Å². The van der Waals surface area contributed by atoms with Crippen LogP contribution in [-0.2, 0) is 9.84 Å². The molecule has 1 atom stereocenters. The Hall–Kier alpha value is -2.48. The number of sulfone groups is 1. The van der Waals surface area contributed by atoms with E-state index in [0.717, 1.165) is 16.8 Å². The van der Waals surface area contributed by atoms with Crippen LogP contribution in [0.1, 0.15) is 47.8 Å². The summed E-state index contributed by atoms with van der Waals surface area (Å²) in [7, 11) is -2.99. The van der Waals surface area contributed by atoms with Crippen LogP contribution in [0.3, 0.4) is 0 Å². The van der Waals surface area contributed by atoms with Gasteiger partial charge in [-0.15, -0.1) is 0 Å². The molecule has 1 fully saturated rings. The van der Waals surface area contributed by atoms with E-state index in [9.17, 15) is 13.2 Å². The van der Waals surface area contributed by atoms with Gasteiger partial charge in [0.25, 0.3) is 5.91 Å². The molecular weight excluding hydrogens is 364 g/mol. The smallest absolute Gasteiger partial charge is 0.274 e. The maximum absolute atomic E-state index is 12.7. The zero-order chi connectivity index (χ0) is 19.6. The van der Waals surface area contributed by atoms with E-state index in [1.54, 1.807) is 6.07 Å². The summed E-state index contributed by atoms with van der Waals surface area (Å²) in [6.45, 7) is 6.11. The molecule has 0 spiro atoms. The summed E-state index contributed by atoms with van der Waals surface area (Å²) < 4.78 is 23.2. The maximum atomic E-state index is 12.7. The predicted octanol–water partition coefficient (Wildman–Crippen LogP) is 2.76. The average molecular weight is 388 g/mol. The van der Waals surface area contributed by atoms with Crippen molar-refractivity contribution in [3.63, 3.8) is 0 Å². The lowest BCUT2D eigenvalue weighted by Gasteiger charge is -2.16. The summed E-state index contributed by atoms with van der Waals surface area (Å²) in [5.74, 6) is 0.655. The number of amides is 1. The first-order valence-electron chi connectivity index (χ1n) is 8.95. The Bertz CT molecular complexity index is 957. The van der Waals surface area contributed by atoms with Crippen LogP contribution in [0.15, 0.2) is 30.6 Å². The fraction of sp³-hybridized carbons (Fsp3) is 0.421. The number of rotatable bonds is 5. The molecule has 2 aromatic rings. The van der Waals surface area contributed by atoms with Crippen molar-refractivity contribution >= 4 is 27.2 Å². The highest BCUT2D eigenvalue weighted by molar-refractivity contribution is 7.91. The molecule has 0 aliphatic carbocycles. The molecule has 27 heavy (non-hydrogen) atoms. The van der Waals surface area contributed by atoms with Crippen LogP contribution >= 0.6 is 0 Å². The van der Waals surface area contributed by atoms with Crippen LogP contribution < -0.4 is 10.6 Å². The van der Waals surface area contributed by atoms with Gasteiger partial charge in [-0.25, -0.2) is 18.4 Å². The molecule has 0 radical (unpaired) electrons. The first-order chi connectivity index (χ1) is 12.7. The summed E-state index contributed by atoms with van der Waals surface area (Å²) >= 11 is 0. The molecule has 1 unspecified atom stereocenters. The molecule has 2 N–H and O–H groups in total. The first-order valence-corrected chi connectivity index (χ1v) is 10.8. The number of carbonyl (C=O) groups is 1. The molecule has 0 saturated carbocycles. The van der Waals surface area contributed by atoms with E-state index in [2.05, 4.69) is 34.4 Å². The third-order valence-electron chi connectivity index (χ3n) is 4.65. The van der Waals surface area contributed by atoms with Gasteiger partial charge in [0.1, 0.15) is 17.8 Å². The van der Waals surface area contributed by atoms with Gasteiger partial charge in [-0.05, 0) is 30.4 Å². The molecule has 1 aromatic carbocycles. The molecular formula is C19H24N4O3S. The van der Waals surface area contributed by atoms with E-state index in [-0.39, 0.29) is 35.1 Å². The second-order valence-corrected chi connectivity index (χ2v) is 9.41. The molecule has 1 aliphatic heterocycles. The molecule has 2 heterocycles. The Kier molecular flexibility index (Phi) is 5.46. The summed E-state index contributed by atoms with van der Waals surface area (Å²) in [5, 5.41) is 6.04. The van der Waals surface area contributed by atoms with Crippen molar-refractivity contribution in [1.29, 1.82) is 0 Å². The van der Waals surface area contributed by atoms with E-state index in [0.29, 0.717) is 12.2 Å². The average Bonchev–Trinajstić information content (AvgIpc) is 2.95. The maximum Gasteiger partial charge on any atom is 0.274 e. The minimum absolute atomic E-state index is 0.0828. The van der Waals surface area contributed by atoms with Gasteiger partial charge in [0.05, 0.1) is 11.5 Å². The van der Waals surface area contributed by atoms with Gasteiger partial charge in [0, 0.05) is 17.8 Å². The van der Waals surface area contributed by atoms with Crippen molar-refractivity contribution in [2.24, 2.45) is 0 Å². The molecule has 1 saturated heterocycles. The van der Waals surface area contributed by atoms with Crippen LogP contribution in [0, 0.1) is 6.92 Å². The van der Waals surface area contributed by atoms with Crippen molar-refractivity contribution in [2.75, 3.05) is 22.1 Å². The number of carbonyl (C=O) groups excluding carboxylic acids is 1. The van der Waals surface area contributed by atoms with Crippen molar-refractivity contribution in [2.45, 2.75) is 39.2 Å². The summed E-state index contributed by atoms with van der Waals surface area (Å²) in [5.41, 5.74) is 3.07. The fourth-order valence-corrected chi connectivity index (χ4v) is 4.87. The number of hydrogen-bond acceptors (Lipinski definition) is 6. The minimum Gasteiger partial charge on any atom is -0.366 e. The second kappa shape index (κ2) is 7.64. The van der Waals surface area contributed by atoms with Crippen LogP contribution in [0.2, 0.25) is 0 Å². The number of hydrogen-bond donors (Lipinski definition) is 2. The molecule has 7 nitrogen and oxygen atoms in total. The number of anilines is 2. The molecule has 144 valence electrons. The van der Waals surface area contributed by atoms with Crippen molar-refractivity contribution < 1.29 is 13.2 Å². The third kappa shape index (κ3) is 4.63. The molecule has 1 amide bonds. The SMILES string of the molecule is Cc1cccc(C(C)C)c1NC(=O)c1cc(NC2CCS(=O)(=O)C2)ncn1. The van der Waals surface area contributed by atoms with E-state index in [1.807, 2.05) is 25.1 Å². The zero-order valence-corrected chi connectivity index (χ0v) is 16.5. The Labute approximate surface area is 159 Å². The van der Waals surface area contributed by atoms with Gasteiger partial charge in [-0.1, -0.05) is 32.0 Å². The molecule has 0 bridgehead atoms. The lowest BCUT2D eigenvalue weighted by atomic mass is 9.98. The highest BCUT2D eigenvalue weighted by Gasteiger charge is 2.28. The van der Waals surface area contributed by atoms with Crippen molar-refractivity contribution in [3.05, 3.63) is 47.4 Å². The van der Waals surface area contributed by atoms with Crippen LogP contribution in [0.25, 0.3) is 0 Å². The number of benzene rings is 1. The molecule has 1 aromatic heterocycles. The largest absolute Gasteiger partial charge is 0.366 e. The van der Waals surface area contributed by atoms with E-state index < -0.39 is 9.84 Å². The lowest BCUT2D eigenvalue weighted by molar-refractivity contribution is 0.102. The fourth-order valence-electron chi connectivity index (χ4n) is 3.20. The highest BCUT2D eigenvalue weighted by Crippen LogP contribution is 2.28. The minimum atomic E-state index is -2.99. The van der Waals surface area contributed by atoms with Gasteiger partial charge in [-0.3, -0.25) is 4.79 Å². The number of nitrogens with zero attached hydrogens (tertiary/aromatic N) is 2. The third-order valence-corrected chi connectivity index (χ3v) is 6.42. The predicted molar refractivity (Wildman–Crippen MR) is 106 cm³/mol. The first kappa shape index (κ1) is 19.3. The Balaban J connectivity index is 1.77.